The predicted molar refractivity (Wildman–Crippen MR) is 114 cm³/mol. The summed E-state index contributed by atoms with van der Waals surface area (Å²) in [5, 5.41) is 0.429. The third kappa shape index (κ3) is 3.75. The number of carbonyl (C=O) groups is 1. The molecule has 0 radical (unpaired) electrons. The minimum absolute atomic E-state index is 0.120. The van der Waals surface area contributed by atoms with E-state index in [0.29, 0.717) is 43.1 Å². The monoisotopic (exact) mass is 428 g/mol. The second kappa shape index (κ2) is 8.02. The minimum Gasteiger partial charge on any atom is -0.497 e. The van der Waals surface area contributed by atoms with E-state index in [9.17, 15) is 13.2 Å². The molecule has 4 rings (SSSR count). The smallest absolute Gasteiger partial charge is 0.270 e. The van der Waals surface area contributed by atoms with Crippen molar-refractivity contribution < 1.29 is 22.7 Å². The van der Waals surface area contributed by atoms with E-state index in [1.807, 2.05) is 24.3 Å². The van der Waals surface area contributed by atoms with Crippen molar-refractivity contribution >= 4 is 26.6 Å². The molecule has 0 bridgehead atoms. The van der Waals surface area contributed by atoms with Crippen molar-refractivity contribution in [3.63, 3.8) is 0 Å². The fraction of sp³-hybridized carbons (Fsp3) is 0.318. The number of ether oxygens (including phenoxy) is 2. The van der Waals surface area contributed by atoms with Crippen molar-refractivity contribution in [1.82, 2.24) is 9.88 Å². The molecule has 1 aliphatic heterocycles. The third-order valence-corrected chi connectivity index (χ3v) is 7.89. The molecule has 1 aromatic heterocycles. The number of piperidine rings is 1. The number of hydrogen-bond donors (Lipinski definition) is 1. The van der Waals surface area contributed by atoms with Gasteiger partial charge in [-0.05, 0) is 55.3 Å². The number of H-pyrrole nitrogens is 1. The van der Waals surface area contributed by atoms with Gasteiger partial charge in [0.1, 0.15) is 17.2 Å². The number of methoxy groups -OCH3 is 2. The second-order valence-electron chi connectivity index (χ2n) is 7.35. The Labute approximate surface area is 175 Å². The number of benzene rings is 2. The highest BCUT2D eigenvalue weighted by Gasteiger charge is 2.33. The van der Waals surface area contributed by atoms with Crippen LogP contribution in [0.3, 0.4) is 0 Å². The number of hydrogen-bond acceptors (Lipinski definition) is 5. The lowest BCUT2D eigenvalue weighted by Crippen LogP contribution is -2.42. The van der Waals surface area contributed by atoms with Gasteiger partial charge in [-0.3, -0.25) is 4.79 Å². The Balaban J connectivity index is 1.45. The van der Waals surface area contributed by atoms with Gasteiger partial charge < -0.3 is 19.4 Å². The normalized spacial score (nSPS) is 15.3. The number of fused-ring (bicyclic) bond motifs is 1. The molecule has 1 N–H and O–H groups in total. The van der Waals surface area contributed by atoms with Gasteiger partial charge in [-0.25, -0.2) is 8.42 Å². The van der Waals surface area contributed by atoms with Crippen LogP contribution in [0.25, 0.3) is 10.9 Å². The topological polar surface area (TPSA) is 88.7 Å². The highest BCUT2D eigenvalue weighted by atomic mass is 32.2. The molecule has 2 heterocycles. The van der Waals surface area contributed by atoms with E-state index in [-0.39, 0.29) is 10.8 Å². The Bertz CT molecular complexity index is 1160. The van der Waals surface area contributed by atoms with Crippen molar-refractivity contribution in [1.29, 1.82) is 0 Å². The van der Waals surface area contributed by atoms with Crippen LogP contribution in [0.15, 0.2) is 53.4 Å². The molecule has 30 heavy (non-hydrogen) atoms. The molecule has 1 fully saturated rings. The number of carbonyl (C=O) groups excluding carboxylic acids is 1. The molecule has 8 heteroatoms. The van der Waals surface area contributed by atoms with Crippen LogP contribution in [0.4, 0.5) is 0 Å². The maximum Gasteiger partial charge on any atom is 0.270 e. The van der Waals surface area contributed by atoms with E-state index < -0.39 is 15.1 Å². The third-order valence-electron chi connectivity index (χ3n) is 5.62. The fourth-order valence-electron chi connectivity index (χ4n) is 3.85. The zero-order valence-corrected chi connectivity index (χ0v) is 17.7. The van der Waals surface area contributed by atoms with Crippen molar-refractivity contribution in [3.8, 4) is 11.5 Å². The van der Waals surface area contributed by atoms with Gasteiger partial charge in [0.2, 0.25) is 0 Å². The summed E-state index contributed by atoms with van der Waals surface area (Å²) in [6, 6.07) is 13.9. The summed E-state index contributed by atoms with van der Waals surface area (Å²) in [6.07, 6.45) is 0.822. The number of aromatic amines is 1. The van der Waals surface area contributed by atoms with Gasteiger partial charge in [0.05, 0.1) is 24.4 Å². The lowest BCUT2D eigenvalue weighted by molar-refractivity contribution is 0.0720. The van der Waals surface area contributed by atoms with Gasteiger partial charge in [0, 0.05) is 30.1 Å². The highest BCUT2D eigenvalue weighted by Crippen LogP contribution is 2.27. The molecular weight excluding hydrogens is 404 g/mol. The van der Waals surface area contributed by atoms with Crippen LogP contribution in [0.2, 0.25) is 0 Å². The van der Waals surface area contributed by atoms with Gasteiger partial charge in [-0.2, -0.15) is 0 Å². The molecule has 1 saturated heterocycles. The molecule has 0 aliphatic carbocycles. The SMILES string of the molecule is COc1ccc(S(=O)(=O)C2CCN(C(=O)c3cc4ccc(OC)cc4[nH]3)CC2)cc1. The van der Waals surface area contributed by atoms with Gasteiger partial charge in [-0.15, -0.1) is 0 Å². The van der Waals surface area contributed by atoms with Gasteiger partial charge in [-0.1, -0.05) is 0 Å². The van der Waals surface area contributed by atoms with E-state index >= 15 is 0 Å². The first kappa shape index (κ1) is 20.3. The van der Waals surface area contributed by atoms with Crippen LogP contribution >= 0.6 is 0 Å². The van der Waals surface area contributed by atoms with Gasteiger partial charge in [0.25, 0.3) is 5.91 Å². The lowest BCUT2D eigenvalue weighted by atomic mass is 10.1. The van der Waals surface area contributed by atoms with Crippen LogP contribution in [0, 0.1) is 0 Å². The molecule has 0 saturated carbocycles. The molecule has 0 spiro atoms. The van der Waals surface area contributed by atoms with Crippen molar-refractivity contribution in [2.75, 3.05) is 27.3 Å². The minimum atomic E-state index is -3.44. The van der Waals surface area contributed by atoms with E-state index in [0.717, 1.165) is 10.9 Å². The largest absolute Gasteiger partial charge is 0.497 e. The first-order chi connectivity index (χ1) is 14.4. The Hall–Kier alpha value is -3.00. The number of rotatable bonds is 5. The van der Waals surface area contributed by atoms with Crippen LogP contribution in [-0.4, -0.2) is 56.8 Å². The Morgan fingerprint density at radius 2 is 1.60 bits per heavy atom. The predicted octanol–water partition coefficient (Wildman–Crippen LogP) is 3.26. The Kier molecular flexibility index (Phi) is 5.42. The fourth-order valence-corrected chi connectivity index (χ4v) is 5.58. The number of sulfone groups is 1. The summed E-state index contributed by atoms with van der Waals surface area (Å²) in [4.78, 5) is 18.1. The number of nitrogens with zero attached hydrogens (tertiary/aromatic N) is 1. The second-order valence-corrected chi connectivity index (χ2v) is 9.58. The van der Waals surface area contributed by atoms with Crippen LogP contribution in [0.5, 0.6) is 11.5 Å². The van der Waals surface area contributed by atoms with E-state index in [1.54, 1.807) is 43.4 Å². The molecule has 0 unspecified atom stereocenters. The standard InChI is InChI=1S/C22H24N2O5S/c1-28-16-5-7-18(8-6-16)30(26,27)19-9-11-24(12-10-19)22(25)21-13-15-3-4-17(29-2)14-20(15)23-21/h3-8,13-14,19,23H,9-12H2,1-2H3. The number of amides is 1. The average Bonchev–Trinajstić information content (AvgIpc) is 3.22. The summed E-state index contributed by atoms with van der Waals surface area (Å²) in [6.45, 7) is 0.801. The summed E-state index contributed by atoms with van der Waals surface area (Å²) in [5.41, 5.74) is 1.32. The Morgan fingerprint density at radius 1 is 0.967 bits per heavy atom. The molecule has 158 valence electrons. The van der Waals surface area contributed by atoms with Crippen molar-refractivity contribution in [2.45, 2.75) is 23.0 Å². The number of aromatic nitrogens is 1. The molecule has 0 atom stereocenters. The molecule has 7 nitrogen and oxygen atoms in total. The van der Waals surface area contributed by atoms with E-state index in [2.05, 4.69) is 4.98 Å². The average molecular weight is 429 g/mol. The summed E-state index contributed by atoms with van der Waals surface area (Å²) < 4.78 is 36.2. The molecule has 3 aromatic rings. The number of nitrogens with one attached hydrogen (secondary N) is 1. The maximum absolute atomic E-state index is 12.9. The van der Waals surface area contributed by atoms with E-state index in [4.69, 9.17) is 9.47 Å². The first-order valence-electron chi connectivity index (χ1n) is 9.76. The van der Waals surface area contributed by atoms with Crippen LogP contribution < -0.4 is 9.47 Å². The van der Waals surface area contributed by atoms with Crippen LogP contribution in [-0.2, 0) is 9.84 Å². The first-order valence-corrected chi connectivity index (χ1v) is 11.3. The molecule has 1 amide bonds. The van der Waals surface area contributed by atoms with Crippen LogP contribution in [0.1, 0.15) is 23.3 Å². The summed E-state index contributed by atoms with van der Waals surface area (Å²) in [7, 11) is -0.305. The van der Waals surface area contributed by atoms with E-state index in [1.165, 1.54) is 0 Å². The molecular formula is C22H24N2O5S. The van der Waals surface area contributed by atoms with Gasteiger partial charge in [0.15, 0.2) is 9.84 Å². The zero-order chi connectivity index (χ0) is 21.3. The molecule has 2 aromatic carbocycles. The maximum atomic E-state index is 12.9. The van der Waals surface area contributed by atoms with Crippen molar-refractivity contribution in [2.24, 2.45) is 0 Å². The van der Waals surface area contributed by atoms with Gasteiger partial charge >= 0.3 is 0 Å². The lowest BCUT2D eigenvalue weighted by Gasteiger charge is -2.31. The number of likely N-dealkylation sites (tertiary alicyclic amines) is 1. The highest BCUT2D eigenvalue weighted by molar-refractivity contribution is 7.92. The quantitative estimate of drug-likeness (QED) is 0.674. The van der Waals surface area contributed by atoms with Crippen molar-refractivity contribution in [3.05, 3.63) is 54.2 Å². The summed E-state index contributed by atoms with van der Waals surface area (Å²) >= 11 is 0. The zero-order valence-electron chi connectivity index (χ0n) is 16.9. The molecule has 1 aliphatic rings. The Morgan fingerprint density at radius 3 is 2.23 bits per heavy atom. The summed E-state index contributed by atoms with van der Waals surface area (Å²) in [5.74, 6) is 1.21.